The first kappa shape index (κ1) is 11.0. The summed E-state index contributed by atoms with van der Waals surface area (Å²) in [4.78, 5) is 10.4. The van der Waals surface area contributed by atoms with Crippen LogP contribution in [0.4, 0.5) is 0 Å². The molecular weight excluding hydrogens is 204 g/mol. The van der Waals surface area contributed by atoms with E-state index in [-0.39, 0.29) is 6.42 Å². The number of ether oxygens (including phenoxy) is 1. The van der Waals surface area contributed by atoms with Crippen LogP contribution < -0.4 is 4.74 Å². The van der Waals surface area contributed by atoms with Crippen LogP contribution in [0.25, 0.3) is 0 Å². The molecule has 1 aliphatic heterocycles. The maximum absolute atomic E-state index is 10.4. The van der Waals surface area contributed by atoms with Crippen LogP contribution >= 0.6 is 0 Å². The summed E-state index contributed by atoms with van der Waals surface area (Å²) in [6, 6.07) is 4.25. The summed E-state index contributed by atoms with van der Waals surface area (Å²) in [7, 11) is 0. The summed E-state index contributed by atoms with van der Waals surface area (Å²) >= 11 is 0. The minimum atomic E-state index is -0.721. The lowest BCUT2D eigenvalue weighted by atomic mass is 10.0. The van der Waals surface area contributed by atoms with Crippen LogP contribution in [0.5, 0.6) is 5.75 Å². The first-order valence-electron chi connectivity index (χ1n) is 5.64. The lowest BCUT2D eigenvalue weighted by Crippen LogP contribution is -1.96. The van der Waals surface area contributed by atoms with Crippen LogP contribution in [0.15, 0.2) is 12.1 Å². The minimum absolute atomic E-state index is 0.243. The van der Waals surface area contributed by atoms with Gasteiger partial charge in [-0.2, -0.15) is 0 Å². The van der Waals surface area contributed by atoms with E-state index in [1.165, 1.54) is 16.7 Å². The van der Waals surface area contributed by atoms with E-state index < -0.39 is 5.97 Å². The van der Waals surface area contributed by atoms with Crippen molar-refractivity contribution in [3.05, 3.63) is 28.8 Å². The number of hydrogen-bond acceptors (Lipinski definition) is 2. The maximum atomic E-state index is 10.4. The van der Waals surface area contributed by atoms with E-state index in [1.54, 1.807) is 0 Å². The van der Waals surface area contributed by atoms with E-state index in [4.69, 9.17) is 9.84 Å². The zero-order valence-corrected chi connectivity index (χ0v) is 9.45. The van der Waals surface area contributed by atoms with E-state index in [1.807, 2.05) is 6.92 Å². The highest BCUT2D eigenvalue weighted by molar-refractivity contribution is 5.66. The summed E-state index contributed by atoms with van der Waals surface area (Å²) in [5, 5.41) is 8.58. The fraction of sp³-hybridized carbons (Fsp3) is 0.462. The number of aryl methyl sites for hydroxylation is 2. The third kappa shape index (κ3) is 2.35. The van der Waals surface area contributed by atoms with Crippen molar-refractivity contribution in [1.82, 2.24) is 0 Å². The zero-order valence-electron chi connectivity index (χ0n) is 9.45. The van der Waals surface area contributed by atoms with Crippen LogP contribution in [0.2, 0.25) is 0 Å². The fourth-order valence-corrected chi connectivity index (χ4v) is 2.17. The highest BCUT2D eigenvalue weighted by Gasteiger charge is 2.15. The Balaban J connectivity index is 2.05. The third-order valence-corrected chi connectivity index (χ3v) is 2.89. The quantitative estimate of drug-likeness (QED) is 0.847. The summed E-state index contributed by atoms with van der Waals surface area (Å²) in [5.74, 6) is 0.309. The van der Waals surface area contributed by atoms with E-state index in [9.17, 15) is 4.79 Å². The van der Waals surface area contributed by atoms with Crippen LogP contribution in [-0.4, -0.2) is 17.7 Å². The predicted molar refractivity (Wildman–Crippen MR) is 61.0 cm³/mol. The molecule has 2 rings (SSSR count). The molecule has 1 heterocycles. The Kier molecular flexibility index (Phi) is 3.13. The molecule has 0 saturated heterocycles. The minimum Gasteiger partial charge on any atom is -0.493 e. The Morgan fingerprint density at radius 3 is 3.06 bits per heavy atom. The van der Waals surface area contributed by atoms with Crippen LogP contribution in [0.3, 0.4) is 0 Å². The Morgan fingerprint density at radius 2 is 2.31 bits per heavy atom. The van der Waals surface area contributed by atoms with Crippen molar-refractivity contribution in [2.24, 2.45) is 0 Å². The number of aliphatic carboxylic acids is 1. The van der Waals surface area contributed by atoms with Crippen molar-refractivity contribution >= 4 is 5.97 Å². The number of carboxylic acids is 1. The van der Waals surface area contributed by atoms with Gasteiger partial charge in [-0.05, 0) is 36.5 Å². The molecule has 0 aromatic heterocycles. The number of rotatable bonds is 4. The number of hydrogen-bond donors (Lipinski definition) is 1. The van der Waals surface area contributed by atoms with Gasteiger partial charge in [-0.15, -0.1) is 0 Å². The number of carboxylic acid groups (broad SMARTS) is 1. The number of fused-ring (bicyclic) bond motifs is 1. The van der Waals surface area contributed by atoms with Crippen molar-refractivity contribution in [3.8, 4) is 5.75 Å². The van der Waals surface area contributed by atoms with Gasteiger partial charge in [-0.3, -0.25) is 4.79 Å². The molecule has 0 fully saturated rings. The molecule has 1 aromatic rings. The zero-order chi connectivity index (χ0) is 11.5. The molecule has 0 unspecified atom stereocenters. The van der Waals surface area contributed by atoms with Crippen molar-refractivity contribution in [2.75, 3.05) is 6.61 Å². The third-order valence-electron chi connectivity index (χ3n) is 2.89. The molecule has 0 saturated carbocycles. The molecule has 3 nitrogen and oxygen atoms in total. The van der Waals surface area contributed by atoms with Gasteiger partial charge in [0.1, 0.15) is 5.75 Å². The first-order valence-corrected chi connectivity index (χ1v) is 5.64. The number of carbonyl (C=O) groups is 1. The molecular formula is C13H16O3. The van der Waals surface area contributed by atoms with Gasteiger partial charge >= 0.3 is 5.97 Å². The largest absolute Gasteiger partial charge is 0.493 e. The highest BCUT2D eigenvalue weighted by atomic mass is 16.5. The van der Waals surface area contributed by atoms with Crippen LogP contribution in [-0.2, 0) is 17.6 Å². The van der Waals surface area contributed by atoms with Gasteiger partial charge in [0.15, 0.2) is 0 Å². The summed E-state index contributed by atoms with van der Waals surface area (Å²) < 4.78 is 5.53. The van der Waals surface area contributed by atoms with Gasteiger partial charge in [-0.25, -0.2) is 0 Å². The van der Waals surface area contributed by atoms with Crippen molar-refractivity contribution in [1.29, 1.82) is 0 Å². The molecule has 0 radical (unpaired) electrons. The topological polar surface area (TPSA) is 46.5 Å². The second-order valence-electron chi connectivity index (χ2n) is 4.25. The molecule has 0 bridgehead atoms. The predicted octanol–water partition coefficient (Wildman–Crippen LogP) is 2.34. The lowest BCUT2D eigenvalue weighted by molar-refractivity contribution is -0.137. The standard InChI is InChI=1S/C13H16O3/c1-9-7-10(3-2-4-12(14)15)8-11-5-6-16-13(9)11/h7-8H,2-6H2,1H3,(H,14,15). The van der Waals surface area contributed by atoms with Crippen LogP contribution in [0, 0.1) is 6.92 Å². The SMILES string of the molecule is Cc1cc(CCCC(=O)O)cc2c1OCC2. The number of benzene rings is 1. The molecule has 0 spiro atoms. The summed E-state index contributed by atoms with van der Waals surface area (Å²) in [6.07, 6.45) is 2.75. The summed E-state index contributed by atoms with van der Waals surface area (Å²) in [5.41, 5.74) is 3.66. The van der Waals surface area contributed by atoms with Gasteiger partial charge in [0, 0.05) is 12.8 Å². The second-order valence-corrected chi connectivity index (χ2v) is 4.25. The summed E-state index contributed by atoms with van der Waals surface area (Å²) in [6.45, 7) is 2.82. The molecule has 1 aromatic carbocycles. The smallest absolute Gasteiger partial charge is 0.303 e. The Labute approximate surface area is 95.0 Å². The molecule has 3 heteroatoms. The van der Waals surface area contributed by atoms with Crippen molar-refractivity contribution in [3.63, 3.8) is 0 Å². The molecule has 16 heavy (non-hydrogen) atoms. The lowest BCUT2D eigenvalue weighted by Gasteiger charge is -2.07. The Bertz CT molecular complexity index is 410. The van der Waals surface area contributed by atoms with E-state index in [0.29, 0.717) is 6.42 Å². The maximum Gasteiger partial charge on any atom is 0.303 e. The van der Waals surface area contributed by atoms with Crippen LogP contribution in [0.1, 0.15) is 29.5 Å². The van der Waals surface area contributed by atoms with Gasteiger partial charge in [0.05, 0.1) is 6.61 Å². The molecule has 0 amide bonds. The highest BCUT2D eigenvalue weighted by Crippen LogP contribution is 2.30. The molecule has 1 aliphatic rings. The van der Waals surface area contributed by atoms with Gasteiger partial charge in [0.25, 0.3) is 0 Å². The van der Waals surface area contributed by atoms with E-state index in [2.05, 4.69) is 12.1 Å². The van der Waals surface area contributed by atoms with Crippen molar-refractivity contribution in [2.45, 2.75) is 32.6 Å². The van der Waals surface area contributed by atoms with Gasteiger partial charge < -0.3 is 9.84 Å². The van der Waals surface area contributed by atoms with E-state index >= 15 is 0 Å². The first-order chi connectivity index (χ1) is 7.66. The Morgan fingerprint density at radius 1 is 1.50 bits per heavy atom. The average Bonchev–Trinajstić information content (AvgIpc) is 2.65. The fourth-order valence-electron chi connectivity index (χ4n) is 2.17. The monoisotopic (exact) mass is 220 g/mol. The van der Waals surface area contributed by atoms with Crippen molar-refractivity contribution < 1.29 is 14.6 Å². The Hall–Kier alpha value is -1.51. The average molecular weight is 220 g/mol. The molecule has 1 N–H and O–H groups in total. The van der Waals surface area contributed by atoms with Gasteiger partial charge in [-0.1, -0.05) is 12.1 Å². The normalized spacial score (nSPS) is 13.3. The van der Waals surface area contributed by atoms with E-state index in [0.717, 1.165) is 25.2 Å². The molecule has 0 aliphatic carbocycles. The second kappa shape index (κ2) is 4.56. The molecule has 86 valence electrons. The van der Waals surface area contributed by atoms with Gasteiger partial charge in [0.2, 0.25) is 0 Å². The molecule has 0 atom stereocenters.